The molecule has 2 aromatic carbocycles. The summed E-state index contributed by atoms with van der Waals surface area (Å²) in [4.78, 5) is 60.8. The highest BCUT2D eigenvalue weighted by molar-refractivity contribution is 6.28. The molecule has 0 saturated carbocycles. The fourth-order valence-electron chi connectivity index (χ4n) is 11.0. The van der Waals surface area contributed by atoms with Crippen molar-refractivity contribution < 1.29 is 46.1 Å². The van der Waals surface area contributed by atoms with E-state index in [2.05, 4.69) is 72.9 Å². The lowest BCUT2D eigenvalue weighted by Crippen LogP contribution is -2.44. The summed E-state index contributed by atoms with van der Waals surface area (Å²) in [5, 5.41) is 2.90. The Labute approximate surface area is 506 Å². The summed E-state index contributed by atoms with van der Waals surface area (Å²) in [5.41, 5.74) is 6.60. The third-order valence-corrected chi connectivity index (χ3v) is 15.4. The lowest BCUT2D eigenvalue weighted by atomic mass is 10.0. The van der Waals surface area contributed by atoms with E-state index >= 15 is 4.39 Å². The van der Waals surface area contributed by atoms with Gasteiger partial charge in [0, 0.05) is 86.9 Å². The number of nitrogens with zero attached hydrogens (tertiary/aromatic N) is 12. The van der Waals surface area contributed by atoms with Crippen LogP contribution >= 0.6 is 11.6 Å². The fourth-order valence-corrected chi connectivity index (χ4v) is 11.1. The number of halogens is 5. The van der Waals surface area contributed by atoms with Gasteiger partial charge in [-0.1, -0.05) is 0 Å². The van der Waals surface area contributed by atoms with Gasteiger partial charge in [-0.15, -0.1) is 0 Å². The molecule has 12 rings (SSSR count). The average molecular weight is 1220 g/mol. The van der Waals surface area contributed by atoms with Gasteiger partial charge in [-0.05, 0) is 142 Å². The highest BCUT2D eigenvalue weighted by atomic mass is 35.5. The van der Waals surface area contributed by atoms with Crippen molar-refractivity contribution >= 4 is 63.4 Å². The molecule has 25 heteroatoms. The zero-order chi connectivity index (χ0) is 62.3. The van der Waals surface area contributed by atoms with Crippen LogP contribution in [0.15, 0.2) is 73.3 Å². The van der Waals surface area contributed by atoms with Crippen LogP contribution in [-0.4, -0.2) is 121 Å². The monoisotopic (exact) mass is 1220 g/mol. The normalized spacial score (nSPS) is 16.5. The number of nitrogen functional groups attached to an aromatic ring is 1. The molecule has 0 radical (unpaired) electrons. The number of carbonyl (C=O) groups is 2. The molecule has 20 nitrogen and oxygen atoms in total. The first-order chi connectivity index (χ1) is 41.1. The molecule has 0 unspecified atom stereocenters. The van der Waals surface area contributed by atoms with Crippen molar-refractivity contribution in [3.63, 3.8) is 0 Å². The van der Waals surface area contributed by atoms with Crippen LogP contribution in [0.2, 0.25) is 5.28 Å². The number of piperidine rings is 2. The van der Waals surface area contributed by atoms with E-state index in [9.17, 15) is 22.8 Å². The molecule has 10 heterocycles. The Morgan fingerprint density at radius 2 is 1.03 bits per heavy atom. The molecule has 87 heavy (non-hydrogen) atoms. The Morgan fingerprint density at radius 3 is 1.47 bits per heavy atom. The number of pyridine rings is 2. The molecule has 6 aromatic heterocycles. The predicted molar refractivity (Wildman–Crippen MR) is 321 cm³/mol. The number of rotatable bonds is 8. The molecular weight excluding hydrogens is 1150 g/mol. The number of aromatic nitrogens is 10. The predicted octanol–water partition coefficient (Wildman–Crippen LogP) is 12.9. The van der Waals surface area contributed by atoms with Crippen LogP contribution in [0, 0.1) is 23.3 Å². The third kappa shape index (κ3) is 14.4. The molecule has 4 aliphatic heterocycles. The van der Waals surface area contributed by atoms with E-state index in [4.69, 9.17) is 36.3 Å². The second kappa shape index (κ2) is 24.4. The standard InChI is InChI=1S/C31H35F2N7O3.C16H13ClF2N4.C15H23N3O3/c1-30(2,3)43-29(41)39-12-9-19(10-13-39)42-20-6-7-24(34-16-20)36-28-35-17-22(33)26(38-28)18-14-21(32)27-23(15-18)40-25(37-27)8-11-31(40,4)5;1-16(2)4-3-12-21-14-9(18)5-8(6-11(14)23(12)16)13-10(19)7-20-15(17)22-13;1-15(2,3)21-14(19)18-8-6-11(7-9-18)20-12-4-5-13(16)17-10-12/h6-7,14-17,19H,8-13H2,1-5H3,(H,34,35,36,38);5-7H,3-4H2,1-2H3;4-5,10-11H,6-9H2,1-3H3,(H2,16,17). The summed E-state index contributed by atoms with van der Waals surface area (Å²) < 4.78 is 85.4. The number of imidazole rings is 2. The Kier molecular flexibility index (Phi) is 17.3. The van der Waals surface area contributed by atoms with Gasteiger partial charge >= 0.3 is 12.2 Å². The second-order valence-electron chi connectivity index (χ2n) is 25.2. The van der Waals surface area contributed by atoms with Crippen molar-refractivity contribution in [2.45, 2.75) is 155 Å². The third-order valence-electron chi connectivity index (χ3n) is 15.2. The van der Waals surface area contributed by atoms with Crippen LogP contribution in [0.5, 0.6) is 11.5 Å². The van der Waals surface area contributed by atoms with Crippen LogP contribution in [0.4, 0.5) is 44.7 Å². The Balaban J connectivity index is 0.000000160. The lowest BCUT2D eigenvalue weighted by Gasteiger charge is -2.33. The van der Waals surface area contributed by atoms with Gasteiger partial charge in [0.2, 0.25) is 11.2 Å². The van der Waals surface area contributed by atoms with Crippen molar-refractivity contribution in [3.05, 3.63) is 114 Å². The minimum absolute atomic E-state index is 0.0165. The molecule has 0 atom stereocenters. The number of anilines is 3. The molecule has 8 aromatic rings. The minimum atomic E-state index is -0.667. The highest BCUT2D eigenvalue weighted by Crippen LogP contribution is 2.40. The van der Waals surface area contributed by atoms with Gasteiger partial charge in [-0.2, -0.15) is 0 Å². The van der Waals surface area contributed by atoms with Gasteiger partial charge in [0.1, 0.15) is 80.6 Å². The topological polar surface area (TPSA) is 229 Å². The Hall–Kier alpha value is -8.41. The van der Waals surface area contributed by atoms with Crippen molar-refractivity contribution in [1.29, 1.82) is 0 Å². The molecule has 2 saturated heterocycles. The summed E-state index contributed by atoms with van der Waals surface area (Å²) in [6.45, 7) is 21.9. The van der Waals surface area contributed by atoms with E-state index in [1.807, 2.05) is 56.7 Å². The highest BCUT2D eigenvalue weighted by Gasteiger charge is 2.36. The number of nitrogens with one attached hydrogen (secondary N) is 1. The number of amides is 2. The van der Waals surface area contributed by atoms with Crippen molar-refractivity contribution in [3.8, 4) is 34.0 Å². The molecule has 0 aliphatic carbocycles. The second-order valence-corrected chi connectivity index (χ2v) is 25.6. The maximum Gasteiger partial charge on any atom is 0.410 e. The zero-order valence-corrected chi connectivity index (χ0v) is 51.1. The summed E-state index contributed by atoms with van der Waals surface area (Å²) in [6.07, 6.45) is 11.0. The first kappa shape index (κ1) is 61.7. The molecule has 0 bridgehead atoms. The molecule has 2 fully saturated rings. The number of fused-ring (bicyclic) bond motifs is 6. The van der Waals surface area contributed by atoms with E-state index in [1.54, 1.807) is 52.5 Å². The number of hydrogen-bond acceptors (Lipinski definition) is 16. The van der Waals surface area contributed by atoms with Crippen LogP contribution in [0.1, 0.15) is 119 Å². The number of benzene rings is 2. The molecule has 4 aliphatic rings. The molecule has 2 amide bonds. The summed E-state index contributed by atoms with van der Waals surface area (Å²) in [5.74, 6) is 1.66. The minimum Gasteiger partial charge on any atom is -0.489 e. The largest absolute Gasteiger partial charge is 0.489 e. The smallest absolute Gasteiger partial charge is 0.410 e. The summed E-state index contributed by atoms with van der Waals surface area (Å²) in [7, 11) is 0. The number of likely N-dealkylation sites (tertiary alicyclic amines) is 2. The van der Waals surface area contributed by atoms with Gasteiger partial charge in [0.25, 0.3) is 0 Å². The molecular formula is C62H71ClF4N14O6. The number of carbonyl (C=O) groups excluding carboxylic acids is 2. The quantitative estimate of drug-likeness (QED) is 0.106. The summed E-state index contributed by atoms with van der Waals surface area (Å²) >= 11 is 5.74. The maximum atomic E-state index is 15.1. The van der Waals surface area contributed by atoms with E-state index in [1.165, 1.54) is 12.1 Å². The van der Waals surface area contributed by atoms with Crippen LogP contribution in [-0.2, 0) is 33.4 Å². The number of hydrogen-bond donors (Lipinski definition) is 2. The number of ether oxygens (including phenoxy) is 4. The SMILES string of the molecule is CC(C)(C)OC(=O)N1CCC(Oc2ccc(N)nc2)CC1.CC(C)(C)OC(=O)N1CCC(Oc2ccc(Nc3ncc(F)c(-c4cc(F)c5nc6n(c5c4)C(C)(C)CC6)n3)nc2)CC1.CC1(C)CCc2nc3c(F)cc(-c4nc(Cl)ncc4F)cc3n21. The van der Waals surface area contributed by atoms with Gasteiger partial charge in [0.15, 0.2) is 23.3 Å². The van der Waals surface area contributed by atoms with E-state index in [0.717, 1.165) is 62.6 Å². The first-order valence-corrected chi connectivity index (χ1v) is 29.3. The Morgan fingerprint density at radius 1 is 0.586 bits per heavy atom. The van der Waals surface area contributed by atoms with Gasteiger partial charge in [0.05, 0.1) is 35.8 Å². The molecule has 3 N–H and O–H groups in total. The van der Waals surface area contributed by atoms with Crippen molar-refractivity contribution in [2.24, 2.45) is 0 Å². The number of aryl methyl sites for hydroxylation is 2. The van der Waals surface area contributed by atoms with Gasteiger partial charge in [-0.3, -0.25) is 0 Å². The van der Waals surface area contributed by atoms with Crippen LogP contribution in [0.3, 0.4) is 0 Å². The Bertz CT molecular complexity index is 3830. The maximum absolute atomic E-state index is 15.1. The number of nitrogens with two attached hydrogens (primary N) is 1. The van der Waals surface area contributed by atoms with Crippen LogP contribution in [0.25, 0.3) is 44.6 Å². The summed E-state index contributed by atoms with van der Waals surface area (Å²) in [6, 6.07) is 12.9. The van der Waals surface area contributed by atoms with E-state index < -0.39 is 34.5 Å². The van der Waals surface area contributed by atoms with Crippen molar-refractivity contribution in [2.75, 3.05) is 37.2 Å². The zero-order valence-electron chi connectivity index (χ0n) is 50.4. The average Bonchev–Trinajstić information content (AvgIpc) is 1.62. The first-order valence-electron chi connectivity index (χ1n) is 28.9. The lowest BCUT2D eigenvalue weighted by molar-refractivity contribution is 0.0115. The van der Waals surface area contributed by atoms with Crippen molar-refractivity contribution in [1.82, 2.24) is 58.8 Å². The fraction of sp³-hybridized carbons (Fsp3) is 0.452. The molecule has 460 valence electrons. The van der Waals surface area contributed by atoms with Gasteiger partial charge < -0.3 is 48.9 Å². The van der Waals surface area contributed by atoms with E-state index in [-0.39, 0.29) is 63.6 Å². The van der Waals surface area contributed by atoms with Crippen LogP contribution < -0.4 is 20.5 Å². The van der Waals surface area contributed by atoms with E-state index in [0.29, 0.717) is 89.8 Å². The van der Waals surface area contributed by atoms with Gasteiger partial charge in [-0.25, -0.2) is 67.0 Å². The molecule has 0 spiro atoms.